The van der Waals surface area contributed by atoms with Crippen molar-refractivity contribution in [1.82, 2.24) is 0 Å². The van der Waals surface area contributed by atoms with Crippen LogP contribution in [0.5, 0.6) is 0 Å². The van der Waals surface area contributed by atoms with Crippen LogP contribution in [0.15, 0.2) is 24.3 Å². The molecule has 0 aliphatic heterocycles. The maximum Gasteiger partial charge on any atom is 0.00629 e. The van der Waals surface area contributed by atoms with Gasteiger partial charge in [-0.2, -0.15) is 0 Å². The van der Waals surface area contributed by atoms with E-state index in [1.165, 1.54) is 24.0 Å². The SMILES string of the molecule is Cc1cccc(CC(CBr)CC(C)C)c1. The monoisotopic (exact) mass is 268 g/mol. The molecule has 0 spiro atoms. The Balaban J connectivity index is 2.58. The van der Waals surface area contributed by atoms with Gasteiger partial charge in [-0.3, -0.25) is 0 Å². The molecule has 0 bridgehead atoms. The normalized spacial score (nSPS) is 13.1. The van der Waals surface area contributed by atoms with E-state index in [2.05, 4.69) is 61.0 Å². The predicted octanol–water partition coefficient (Wildman–Crippen LogP) is 4.59. The molecular weight excluding hydrogens is 248 g/mol. The number of hydrogen-bond acceptors (Lipinski definition) is 0. The number of aryl methyl sites for hydroxylation is 1. The molecule has 0 aromatic heterocycles. The first kappa shape index (κ1) is 12.8. The van der Waals surface area contributed by atoms with Gasteiger partial charge in [0.25, 0.3) is 0 Å². The maximum atomic E-state index is 3.62. The van der Waals surface area contributed by atoms with Crippen LogP contribution in [-0.4, -0.2) is 5.33 Å². The van der Waals surface area contributed by atoms with Crippen LogP contribution in [0.25, 0.3) is 0 Å². The molecule has 0 saturated heterocycles. The Labute approximate surface area is 102 Å². The average Bonchev–Trinajstić information content (AvgIpc) is 2.16. The Bertz CT molecular complexity index is 291. The van der Waals surface area contributed by atoms with Crippen molar-refractivity contribution >= 4 is 15.9 Å². The molecule has 1 aromatic carbocycles. The molecule has 0 aliphatic rings. The zero-order chi connectivity index (χ0) is 11.3. The van der Waals surface area contributed by atoms with Gasteiger partial charge >= 0.3 is 0 Å². The fraction of sp³-hybridized carbons (Fsp3) is 0.571. The summed E-state index contributed by atoms with van der Waals surface area (Å²) in [4.78, 5) is 0. The van der Waals surface area contributed by atoms with Gasteiger partial charge < -0.3 is 0 Å². The smallest absolute Gasteiger partial charge is 0.00629 e. The van der Waals surface area contributed by atoms with Gasteiger partial charge in [-0.15, -0.1) is 0 Å². The van der Waals surface area contributed by atoms with Gasteiger partial charge in [0.2, 0.25) is 0 Å². The average molecular weight is 269 g/mol. The van der Waals surface area contributed by atoms with Gasteiger partial charge in [-0.25, -0.2) is 0 Å². The molecule has 1 atom stereocenters. The Hall–Kier alpha value is -0.300. The van der Waals surface area contributed by atoms with E-state index < -0.39 is 0 Å². The molecule has 0 radical (unpaired) electrons. The van der Waals surface area contributed by atoms with Crippen LogP contribution in [0.3, 0.4) is 0 Å². The van der Waals surface area contributed by atoms with Gasteiger partial charge in [-0.05, 0) is 37.2 Å². The van der Waals surface area contributed by atoms with Crippen molar-refractivity contribution < 1.29 is 0 Å². The molecule has 0 fully saturated rings. The first-order chi connectivity index (χ1) is 7.11. The summed E-state index contributed by atoms with van der Waals surface area (Å²) < 4.78 is 0. The van der Waals surface area contributed by atoms with E-state index >= 15 is 0 Å². The van der Waals surface area contributed by atoms with Crippen LogP contribution in [0.1, 0.15) is 31.4 Å². The van der Waals surface area contributed by atoms with Crippen LogP contribution >= 0.6 is 15.9 Å². The van der Waals surface area contributed by atoms with Crippen molar-refractivity contribution in [2.24, 2.45) is 11.8 Å². The summed E-state index contributed by atoms with van der Waals surface area (Å²) in [5, 5.41) is 1.11. The highest BCUT2D eigenvalue weighted by Crippen LogP contribution is 2.19. The Morgan fingerprint density at radius 3 is 2.53 bits per heavy atom. The first-order valence-electron chi connectivity index (χ1n) is 5.73. The fourth-order valence-electron chi connectivity index (χ4n) is 2.04. The van der Waals surface area contributed by atoms with Gasteiger partial charge in [0.05, 0.1) is 0 Å². The minimum atomic E-state index is 0.770. The maximum absolute atomic E-state index is 3.62. The topological polar surface area (TPSA) is 0 Å². The van der Waals surface area contributed by atoms with Gasteiger partial charge in [0, 0.05) is 5.33 Å². The molecular formula is C14H21Br. The Morgan fingerprint density at radius 1 is 1.27 bits per heavy atom. The van der Waals surface area contributed by atoms with Crippen LogP contribution < -0.4 is 0 Å². The molecule has 1 unspecified atom stereocenters. The van der Waals surface area contributed by atoms with Crippen molar-refractivity contribution in [3.05, 3.63) is 35.4 Å². The molecule has 0 amide bonds. The molecule has 0 nitrogen and oxygen atoms in total. The minimum Gasteiger partial charge on any atom is -0.0925 e. The molecule has 15 heavy (non-hydrogen) atoms. The second-order valence-corrected chi connectivity index (χ2v) is 5.49. The number of halogens is 1. The zero-order valence-corrected chi connectivity index (χ0v) is 11.5. The molecule has 1 aromatic rings. The summed E-state index contributed by atoms with van der Waals surface area (Å²) in [5.74, 6) is 1.56. The highest BCUT2D eigenvalue weighted by atomic mass is 79.9. The Morgan fingerprint density at radius 2 is 2.00 bits per heavy atom. The van der Waals surface area contributed by atoms with Crippen LogP contribution in [0.2, 0.25) is 0 Å². The summed E-state index contributed by atoms with van der Waals surface area (Å²) >= 11 is 3.62. The first-order valence-corrected chi connectivity index (χ1v) is 6.85. The fourth-order valence-corrected chi connectivity index (χ4v) is 2.53. The Kier molecular flexibility index (Phi) is 5.38. The van der Waals surface area contributed by atoms with Crippen LogP contribution in [0, 0.1) is 18.8 Å². The lowest BCUT2D eigenvalue weighted by molar-refractivity contribution is 0.445. The van der Waals surface area contributed by atoms with E-state index in [0.717, 1.165) is 17.2 Å². The van der Waals surface area contributed by atoms with Gasteiger partial charge in [0.15, 0.2) is 0 Å². The quantitative estimate of drug-likeness (QED) is 0.685. The standard InChI is InChI=1S/C14H21Br/c1-11(2)7-14(10-15)9-13-6-4-5-12(3)8-13/h4-6,8,11,14H,7,9-10H2,1-3H3. The van der Waals surface area contributed by atoms with E-state index in [0.29, 0.717) is 0 Å². The van der Waals surface area contributed by atoms with Crippen molar-refractivity contribution in [2.75, 3.05) is 5.33 Å². The predicted molar refractivity (Wildman–Crippen MR) is 71.6 cm³/mol. The lowest BCUT2D eigenvalue weighted by Gasteiger charge is -2.16. The van der Waals surface area contributed by atoms with Crippen LogP contribution in [-0.2, 0) is 6.42 Å². The summed E-state index contributed by atoms with van der Waals surface area (Å²) in [6, 6.07) is 8.86. The van der Waals surface area contributed by atoms with E-state index in [9.17, 15) is 0 Å². The molecule has 0 saturated carbocycles. The van der Waals surface area contributed by atoms with E-state index in [1.807, 2.05) is 0 Å². The van der Waals surface area contributed by atoms with Crippen molar-refractivity contribution in [1.29, 1.82) is 0 Å². The molecule has 0 aliphatic carbocycles. The van der Waals surface area contributed by atoms with Gasteiger partial charge in [-0.1, -0.05) is 59.6 Å². The number of benzene rings is 1. The number of rotatable bonds is 5. The van der Waals surface area contributed by atoms with E-state index in [4.69, 9.17) is 0 Å². The van der Waals surface area contributed by atoms with Crippen molar-refractivity contribution in [3.8, 4) is 0 Å². The largest absolute Gasteiger partial charge is 0.0925 e. The summed E-state index contributed by atoms with van der Waals surface area (Å²) in [7, 11) is 0. The highest BCUT2D eigenvalue weighted by molar-refractivity contribution is 9.09. The van der Waals surface area contributed by atoms with Crippen molar-refractivity contribution in [2.45, 2.75) is 33.6 Å². The summed E-state index contributed by atoms with van der Waals surface area (Å²) in [6.45, 7) is 6.76. The third-order valence-electron chi connectivity index (χ3n) is 2.63. The number of alkyl halides is 1. The summed E-state index contributed by atoms with van der Waals surface area (Å²) in [6.07, 6.45) is 2.50. The third kappa shape index (κ3) is 4.83. The van der Waals surface area contributed by atoms with E-state index in [1.54, 1.807) is 0 Å². The second kappa shape index (κ2) is 6.32. The third-order valence-corrected chi connectivity index (χ3v) is 3.55. The molecule has 1 heteroatoms. The lowest BCUT2D eigenvalue weighted by atomic mass is 9.92. The minimum absolute atomic E-state index is 0.770. The molecule has 84 valence electrons. The summed E-state index contributed by atoms with van der Waals surface area (Å²) in [5.41, 5.74) is 2.84. The number of hydrogen-bond donors (Lipinski definition) is 0. The lowest BCUT2D eigenvalue weighted by Crippen LogP contribution is -2.09. The molecule has 0 heterocycles. The van der Waals surface area contributed by atoms with Crippen LogP contribution in [0.4, 0.5) is 0 Å². The highest BCUT2D eigenvalue weighted by Gasteiger charge is 2.10. The van der Waals surface area contributed by atoms with Crippen molar-refractivity contribution in [3.63, 3.8) is 0 Å². The van der Waals surface area contributed by atoms with E-state index in [-0.39, 0.29) is 0 Å². The van der Waals surface area contributed by atoms with Gasteiger partial charge in [0.1, 0.15) is 0 Å². The molecule has 0 N–H and O–H groups in total. The zero-order valence-electron chi connectivity index (χ0n) is 9.96. The second-order valence-electron chi connectivity index (χ2n) is 4.84. The molecule has 1 rings (SSSR count).